The van der Waals surface area contributed by atoms with Gasteiger partial charge < -0.3 is 9.84 Å². The Hall–Kier alpha value is -1.42. The van der Waals surface area contributed by atoms with Crippen LogP contribution in [-0.2, 0) is 14.3 Å². The van der Waals surface area contributed by atoms with Crippen molar-refractivity contribution in [3.05, 3.63) is 23.3 Å². The van der Waals surface area contributed by atoms with E-state index < -0.39 is 22.8 Å². The third-order valence-corrected chi connectivity index (χ3v) is 10.2. The molecule has 0 heterocycles. The van der Waals surface area contributed by atoms with Crippen molar-refractivity contribution in [1.82, 2.24) is 0 Å². The topological polar surface area (TPSA) is 63.6 Å². The van der Waals surface area contributed by atoms with Gasteiger partial charge in [-0.3, -0.25) is 4.79 Å². The summed E-state index contributed by atoms with van der Waals surface area (Å²) >= 11 is 0. The molecule has 4 aliphatic rings. The maximum Gasteiger partial charge on any atom is 0.346 e. The zero-order valence-corrected chi connectivity index (χ0v) is 20.9. The number of carbonyl (C=O) groups is 2. The van der Waals surface area contributed by atoms with Gasteiger partial charge in [-0.05, 0) is 93.8 Å². The van der Waals surface area contributed by atoms with Crippen molar-refractivity contribution in [3.8, 4) is 0 Å². The quantitative estimate of drug-likeness (QED) is 0.340. The fourth-order valence-electron chi connectivity index (χ4n) is 8.65. The first-order valence-electron chi connectivity index (χ1n) is 12.7. The summed E-state index contributed by atoms with van der Waals surface area (Å²) in [6.45, 7) is 11.5. The van der Waals surface area contributed by atoms with Crippen LogP contribution in [0, 0.1) is 40.4 Å². The van der Waals surface area contributed by atoms with E-state index in [0.29, 0.717) is 28.7 Å². The number of ketones is 1. The summed E-state index contributed by atoms with van der Waals surface area (Å²) < 4.78 is 4.83. The van der Waals surface area contributed by atoms with Crippen molar-refractivity contribution >= 4 is 11.8 Å². The maximum atomic E-state index is 13.1. The molecule has 0 spiro atoms. The van der Waals surface area contributed by atoms with E-state index in [0.717, 1.165) is 24.7 Å². The molecule has 178 valence electrons. The largest absolute Gasteiger partial charge is 0.467 e. The van der Waals surface area contributed by atoms with Crippen LogP contribution < -0.4 is 0 Å². The molecule has 0 amide bonds. The van der Waals surface area contributed by atoms with Gasteiger partial charge in [-0.1, -0.05) is 38.5 Å². The van der Waals surface area contributed by atoms with E-state index in [9.17, 15) is 14.7 Å². The minimum atomic E-state index is -2.01. The Morgan fingerprint density at radius 2 is 1.97 bits per heavy atom. The molecule has 0 radical (unpaired) electrons. The first-order chi connectivity index (χ1) is 15.0. The molecular formula is C28H42O4. The summed E-state index contributed by atoms with van der Waals surface area (Å²) in [7, 11) is 1.25. The third kappa shape index (κ3) is 3.35. The second kappa shape index (κ2) is 8.11. The molecule has 3 saturated carbocycles. The summed E-state index contributed by atoms with van der Waals surface area (Å²) in [5, 5.41) is 11.0. The molecule has 32 heavy (non-hydrogen) atoms. The van der Waals surface area contributed by atoms with E-state index in [1.54, 1.807) is 0 Å². The highest BCUT2D eigenvalue weighted by molar-refractivity contribution is 6.18. The number of allylic oxidation sites excluding steroid dienone is 3. The lowest BCUT2D eigenvalue weighted by molar-refractivity contribution is -0.166. The molecular weight excluding hydrogens is 400 g/mol. The van der Waals surface area contributed by atoms with Gasteiger partial charge in [0.15, 0.2) is 0 Å². The molecule has 0 aromatic carbocycles. The van der Waals surface area contributed by atoms with Gasteiger partial charge in [0, 0.05) is 17.4 Å². The molecule has 0 bridgehead atoms. The summed E-state index contributed by atoms with van der Waals surface area (Å²) in [6.07, 6.45) is 12.8. The molecule has 3 fully saturated rings. The third-order valence-electron chi connectivity index (χ3n) is 10.2. The van der Waals surface area contributed by atoms with Crippen LogP contribution in [0.15, 0.2) is 23.3 Å². The molecule has 1 N–H and O–H groups in total. The molecule has 0 aliphatic heterocycles. The van der Waals surface area contributed by atoms with Crippen LogP contribution in [0.1, 0.15) is 86.0 Å². The standard InChI is InChI=1S/C28H42O4/c1-17(2)8-7-9-18(3)20-12-13-21-19-10-11-23-24(29)28(31,25(30)32-6)16-27(23,5)22(19)14-15-26(20,21)4/h8,11,18-22,31H,7,9-10,12-16H2,1-6H3/t18-,19+,20-,21+,22+,26-,27-,28+/m1/s1. The Bertz CT molecular complexity index is 851. The molecule has 4 nitrogen and oxygen atoms in total. The number of aliphatic hydroxyl groups is 1. The fourth-order valence-corrected chi connectivity index (χ4v) is 8.65. The number of hydrogen-bond donors (Lipinski definition) is 1. The lowest BCUT2D eigenvalue weighted by Gasteiger charge is -2.55. The van der Waals surface area contributed by atoms with Gasteiger partial charge in [0.1, 0.15) is 0 Å². The molecule has 4 rings (SSSR count). The molecule has 4 heteroatoms. The summed E-state index contributed by atoms with van der Waals surface area (Å²) in [5.41, 5.74) is -0.00152. The predicted octanol–water partition coefficient (Wildman–Crippen LogP) is 5.64. The monoisotopic (exact) mass is 442 g/mol. The van der Waals surface area contributed by atoms with Gasteiger partial charge in [-0.15, -0.1) is 0 Å². The Labute approximate surface area is 193 Å². The van der Waals surface area contributed by atoms with E-state index in [1.165, 1.54) is 44.8 Å². The lowest BCUT2D eigenvalue weighted by Crippen LogP contribution is -2.49. The van der Waals surface area contributed by atoms with Crippen LogP contribution in [0.4, 0.5) is 0 Å². The van der Waals surface area contributed by atoms with E-state index in [1.807, 2.05) is 0 Å². The number of hydrogen-bond acceptors (Lipinski definition) is 4. The van der Waals surface area contributed by atoms with Gasteiger partial charge in [-0.2, -0.15) is 0 Å². The fraction of sp³-hybridized carbons (Fsp3) is 0.786. The van der Waals surface area contributed by atoms with Gasteiger partial charge in [0.05, 0.1) is 7.11 Å². The van der Waals surface area contributed by atoms with E-state index >= 15 is 0 Å². The first-order valence-corrected chi connectivity index (χ1v) is 12.7. The van der Waals surface area contributed by atoms with Crippen LogP contribution >= 0.6 is 0 Å². The average Bonchev–Trinajstić information content (AvgIpc) is 3.19. The molecule has 0 saturated heterocycles. The van der Waals surface area contributed by atoms with Crippen molar-refractivity contribution in [2.24, 2.45) is 40.4 Å². The number of ether oxygens (including phenoxy) is 1. The Kier molecular flexibility index (Phi) is 6.01. The molecule has 8 atom stereocenters. The molecule has 0 unspecified atom stereocenters. The smallest absolute Gasteiger partial charge is 0.346 e. The van der Waals surface area contributed by atoms with Crippen molar-refractivity contribution in [2.45, 2.75) is 91.6 Å². The second-order valence-electron chi connectivity index (χ2n) is 12.1. The van der Waals surface area contributed by atoms with Gasteiger partial charge in [0.2, 0.25) is 11.4 Å². The van der Waals surface area contributed by atoms with Crippen molar-refractivity contribution in [2.75, 3.05) is 7.11 Å². The van der Waals surface area contributed by atoms with E-state index in [-0.39, 0.29) is 6.42 Å². The van der Waals surface area contributed by atoms with Crippen LogP contribution in [-0.4, -0.2) is 29.6 Å². The highest BCUT2D eigenvalue weighted by atomic mass is 16.5. The molecule has 4 aliphatic carbocycles. The average molecular weight is 443 g/mol. The number of esters is 1. The zero-order valence-electron chi connectivity index (χ0n) is 20.9. The second-order valence-corrected chi connectivity index (χ2v) is 12.1. The van der Waals surface area contributed by atoms with Gasteiger partial charge in [0.25, 0.3) is 0 Å². The zero-order chi connectivity index (χ0) is 23.5. The lowest BCUT2D eigenvalue weighted by atomic mass is 9.49. The van der Waals surface area contributed by atoms with Crippen LogP contribution in [0.5, 0.6) is 0 Å². The van der Waals surface area contributed by atoms with Gasteiger partial charge in [-0.25, -0.2) is 4.79 Å². The Balaban J connectivity index is 1.57. The Morgan fingerprint density at radius 3 is 2.62 bits per heavy atom. The molecule has 0 aromatic heterocycles. The van der Waals surface area contributed by atoms with E-state index in [4.69, 9.17) is 4.74 Å². The van der Waals surface area contributed by atoms with Crippen LogP contribution in [0.3, 0.4) is 0 Å². The Morgan fingerprint density at radius 1 is 1.25 bits per heavy atom. The number of carbonyl (C=O) groups excluding carboxylic acids is 2. The van der Waals surface area contributed by atoms with Crippen LogP contribution in [0.2, 0.25) is 0 Å². The van der Waals surface area contributed by atoms with Crippen molar-refractivity contribution in [1.29, 1.82) is 0 Å². The molecule has 0 aromatic rings. The summed E-state index contributed by atoms with van der Waals surface area (Å²) in [4.78, 5) is 25.4. The predicted molar refractivity (Wildman–Crippen MR) is 126 cm³/mol. The first kappa shape index (κ1) is 23.7. The van der Waals surface area contributed by atoms with Crippen molar-refractivity contribution < 1.29 is 19.4 Å². The normalized spacial score (nSPS) is 43.6. The maximum absolute atomic E-state index is 13.1. The number of fused-ring (bicyclic) bond motifs is 5. The minimum absolute atomic E-state index is 0.171. The summed E-state index contributed by atoms with van der Waals surface area (Å²) in [6, 6.07) is 0. The van der Waals surface area contributed by atoms with Gasteiger partial charge >= 0.3 is 5.97 Å². The minimum Gasteiger partial charge on any atom is -0.467 e. The highest BCUT2D eigenvalue weighted by Gasteiger charge is 2.67. The van der Waals surface area contributed by atoms with Crippen molar-refractivity contribution in [3.63, 3.8) is 0 Å². The van der Waals surface area contributed by atoms with Crippen LogP contribution in [0.25, 0.3) is 0 Å². The number of Topliss-reactive ketones (excluding diaryl/α,β-unsaturated/α-hetero) is 1. The van der Waals surface area contributed by atoms with E-state index in [2.05, 4.69) is 46.8 Å². The summed E-state index contributed by atoms with van der Waals surface area (Å²) in [5.74, 6) is 1.80. The highest BCUT2D eigenvalue weighted by Crippen LogP contribution is 2.68. The number of methoxy groups -OCH3 is 1. The number of rotatable bonds is 5. The SMILES string of the molecule is COC(=O)[C@]1(O)C[C@@]2(C)C(=CC[C@H]3[C@@H]4CC[C@H]([C@H](C)CCC=C(C)C)[C@@]4(C)CC[C@@H]32)C1=O.